The second-order valence-electron chi connectivity index (χ2n) is 3.12. The van der Waals surface area contributed by atoms with E-state index >= 15 is 0 Å². The van der Waals surface area contributed by atoms with Crippen LogP contribution in [0, 0.1) is 34.6 Å². The SMILES string of the molecule is Cc1c(C)c(C)[c-](C)c1C.[Zr+4]. The van der Waals surface area contributed by atoms with Crippen LogP contribution < -0.4 is 0 Å². The van der Waals surface area contributed by atoms with Crippen LogP contribution in [0.3, 0.4) is 0 Å². The average molecular weight is 226 g/mol. The normalized spacial score (nSPS) is 9.55. The van der Waals surface area contributed by atoms with Gasteiger partial charge in [-0.2, -0.15) is 27.8 Å². The summed E-state index contributed by atoms with van der Waals surface area (Å²) < 4.78 is 0. The summed E-state index contributed by atoms with van der Waals surface area (Å²) in [5.74, 6) is 0. The molecule has 0 saturated heterocycles. The van der Waals surface area contributed by atoms with E-state index in [1.807, 2.05) is 0 Å². The fraction of sp³-hybridized carbons (Fsp3) is 0.500. The molecule has 0 aliphatic rings. The number of rotatable bonds is 0. The molecule has 0 amide bonds. The Balaban J connectivity index is 0.000001000. The van der Waals surface area contributed by atoms with Gasteiger partial charge in [0.05, 0.1) is 0 Å². The molecule has 1 aromatic carbocycles. The summed E-state index contributed by atoms with van der Waals surface area (Å²) in [5, 5.41) is 0. The molecule has 0 radical (unpaired) electrons. The van der Waals surface area contributed by atoms with E-state index in [0.717, 1.165) is 0 Å². The van der Waals surface area contributed by atoms with Crippen LogP contribution >= 0.6 is 0 Å². The third-order valence-electron chi connectivity index (χ3n) is 2.81. The van der Waals surface area contributed by atoms with Crippen LogP contribution in [-0.2, 0) is 26.2 Å². The maximum absolute atomic E-state index is 2.20. The quantitative estimate of drug-likeness (QED) is 0.597. The number of hydrogen-bond acceptors (Lipinski definition) is 0. The van der Waals surface area contributed by atoms with Gasteiger partial charge in [-0.3, -0.25) is 0 Å². The van der Waals surface area contributed by atoms with Crippen LogP contribution in [0.5, 0.6) is 0 Å². The molecule has 0 atom stereocenters. The third kappa shape index (κ3) is 1.69. The van der Waals surface area contributed by atoms with Gasteiger partial charge in [-0.1, -0.05) is 34.6 Å². The van der Waals surface area contributed by atoms with E-state index in [-0.39, 0.29) is 26.2 Å². The van der Waals surface area contributed by atoms with Crippen molar-refractivity contribution in [2.75, 3.05) is 0 Å². The second-order valence-corrected chi connectivity index (χ2v) is 3.12. The molecule has 0 aliphatic carbocycles. The Labute approximate surface area is 88.5 Å². The molecule has 1 heteroatoms. The smallest absolute Gasteiger partial charge is 0.196 e. The Bertz CT molecular complexity index is 176. The molecule has 0 fully saturated rings. The van der Waals surface area contributed by atoms with Crippen LogP contribution in [0.25, 0.3) is 0 Å². The predicted molar refractivity (Wildman–Crippen MR) is 45.7 cm³/mol. The van der Waals surface area contributed by atoms with Crippen molar-refractivity contribution in [1.82, 2.24) is 0 Å². The fourth-order valence-electron chi connectivity index (χ4n) is 1.41. The van der Waals surface area contributed by atoms with Crippen molar-refractivity contribution in [2.45, 2.75) is 34.6 Å². The minimum absolute atomic E-state index is 0. The van der Waals surface area contributed by atoms with Crippen molar-refractivity contribution in [2.24, 2.45) is 0 Å². The average Bonchev–Trinajstić information content (AvgIpc) is 2.07. The minimum atomic E-state index is 0. The molecule has 0 aromatic heterocycles. The zero-order valence-corrected chi connectivity index (χ0v) is 10.5. The Hall–Kier alpha value is 0.233. The Kier molecular flexibility index (Phi) is 3.84. The molecule has 1 rings (SSSR count). The number of hydrogen-bond donors (Lipinski definition) is 0. The van der Waals surface area contributed by atoms with Crippen molar-refractivity contribution in [1.29, 1.82) is 0 Å². The van der Waals surface area contributed by atoms with Crippen molar-refractivity contribution < 1.29 is 26.2 Å². The molecule has 0 N–H and O–H groups in total. The molecule has 56 valence electrons. The van der Waals surface area contributed by atoms with Gasteiger partial charge in [-0.15, -0.1) is 0 Å². The van der Waals surface area contributed by atoms with Crippen molar-refractivity contribution >= 4 is 0 Å². The van der Waals surface area contributed by atoms with Gasteiger partial charge in [0.15, 0.2) is 0 Å². The largest absolute Gasteiger partial charge is 4.00 e. The Morgan fingerprint density at radius 2 is 1.09 bits per heavy atom. The summed E-state index contributed by atoms with van der Waals surface area (Å²) in [6.45, 7) is 11.0. The van der Waals surface area contributed by atoms with Crippen LogP contribution in [-0.4, -0.2) is 0 Å². The summed E-state index contributed by atoms with van der Waals surface area (Å²) in [6.07, 6.45) is 0. The maximum atomic E-state index is 2.20. The summed E-state index contributed by atoms with van der Waals surface area (Å²) >= 11 is 0. The van der Waals surface area contributed by atoms with E-state index in [4.69, 9.17) is 0 Å². The van der Waals surface area contributed by atoms with E-state index in [1.54, 1.807) is 0 Å². The molecule has 0 spiro atoms. The monoisotopic (exact) mass is 225 g/mol. The first-order valence-corrected chi connectivity index (χ1v) is 3.75. The Morgan fingerprint density at radius 3 is 1.18 bits per heavy atom. The van der Waals surface area contributed by atoms with Crippen LogP contribution in [0.1, 0.15) is 27.8 Å². The molecule has 1 aromatic rings. The molecule has 0 unspecified atom stereocenters. The van der Waals surface area contributed by atoms with Gasteiger partial charge >= 0.3 is 26.2 Å². The zero-order valence-electron chi connectivity index (χ0n) is 8.00. The molecular weight excluding hydrogens is 211 g/mol. The standard InChI is InChI=1S/C10H15.Zr/c1-6-7(2)9(4)10(5)8(6)3;/h1-5H3;/q-1;+4. The topological polar surface area (TPSA) is 0 Å². The van der Waals surface area contributed by atoms with E-state index in [2.05, 4.69) is 34.6 Å². The van der Waals surface area contributed by atoms with Crippen LogP contribution in [0.15, 0.2) is 0 Å². The second kappa shape index (κ2) is 3.76. The van der Waals surface area contributed by atoms with Crippen molar-refractivity contribution in [3.05, 3.63) is 27.8 Å². The molecule has 0 bridgehead atoms. The summed E-state index contributed by atoms with van der Waals surface area (Å²) in [4.78, 5) is 0. The van der Waals surface area contributed by atoms with Gasteiger partial charge in [-0.05, 0) is 0 Å². The van der Waals surface area contributed by atoms with Gasteiger partial charge in [-0.25, -0.2) is 0 Å². The van der Waals surface area contributed by atoms with E-state index in [9.17, 15) is 0 Å². The van der Waals surface area contributed by atoms with Gasteiger partial charge in [0.25, 0.3) is 0 Å². The molecule has 0 nitrogen and oxygen atoms in total. The van der Waals surface area contributed by atoms with Gasteiger partial charge in [0, 0.05) is 0 Å². The molecule has 11 heavy (non-hydrogen) atoms. The maximum Gasteiger partial charge on any atom is 4.00 e. The summed E-state index contributed by atoms with van der Waals surface area (Å²) in [6, 6.07) is 0. The van der Waals surface area contributed by atoms with E-state index in [0.29, 0.717) is 0 Å². The molecule has 0 heterocycles. The zero-order chi connectivity index (χ0) is 7.89. The predicted octanol–water partition coefficient (Wildman–Crippen LogP) is 2.95. The molecule has 0 aliphatic heterocycles. The Morgan fingerprint density at radius 1 is 0.818 bits per heavy atom. The van der Waals surface area contributed by atoms with Crippen LogP contribution in [0.2, 0.25) is 0 Å². The van der Waals surface area contributed by atoms with Crippen molar-refractivity contribution in [3.8, 4) is 0 Å². The van der Waals surface area contributed by atoms with Gasteiger partial charge in [0.1, 0.15) is 0 Å². The summed E-state index contributed by atoms with van der Waals surface area (Å²) in [7, 11) is 0. The van der Waals surface area contributed by atoms with Crippen LogP contribution in [0.4, 0.5) is 0 Å². The minimum Gasteiger partial charge on any atom is -0.196 e. The fourth-order valence-corrected chi connectivity index (χ4v) is 1.41. The molecular formula is C10H15Zr+3. The van der Waals surface area contributed by atoms with E-state index in [1.165, 1.54) is 27.8 Å². The van der Waals surface area contributed by atoms with Crippen molar-refractivity contribution in [3.63, 3.8) is 0 Å². The first kappa shape index (κ1) is 11.2. The van der Waals surface area contributed by atoms with E-state index < -0.39 is 0 Å². The first-order valence-electron chi connectivity index (χ1n) is 3.75. The first-order chi connectivity index (χ1) is 4.55. The summed E-state index contributed by atoms with van der Waals surface area (Å²) in [5.41, 5.74) is 7.34. The van der Waals surface area contributed by atoms with Gasteiger partial charge in [0.2, 0.25) is 0 Å². The van der Waals surface area contributed by atoms with Gasteiger partial charge < -0.3 is 0 Å². The third-order valence-corrected chi connectivity index (χ3v) is 2.81. The molecule has 0 saturated carbocycles.